The van der Waals surface area contributed by atoms with Gasteiger partial charge in [0, 0.05) is 11.5 Å². The van der Waals surface area contributed by atoms with Crippen molar-refractivity contribution in [2.75, 3.05) is 0 Å². The summed E-state index contributed by atoms with van der Waals surface area (Å²) >= 11 is 0. The molecule has 1 unspecified atom stereocenters. The van der Waals surface area contributed by atoms with E-state index in [1.54, 1.807) is 12.1 Å². The molecule has 3 heteroatoms. The third-order valence-corrected chi connectivity index (χ3v) is 1.55. The minimum Gasteiger partial charge on any atom is -0.183 e. The van der Waals surface area contributed by atoms with Crippen LogP contribution in [-0.4, -0.2) is 10.2 Å². The highest BCUT2D eigenvalue weighted by Gasteiger charge is 2.07. The summed E-state index contributed by atoms with van der Waals surface area (Å²) in [6.07, 6.45) is 3.14. The number of hydrogen-bond acceptors (Lipinski definition) is 2. The van der Waals surface area contributed by atoms with E-state index in [9.17, 15) is 4.39 Å². The third-order valence-electron chi connectivity index (χ3n) is 1.55. The lowest BCUT2D eigenvalue weighted by molar-refractivity contribution is 0.542. The van der Waals surface area contributed by atoms with Gasteiger partial charge in [0.1, 0.15) is 0 Å². The summed E-state index contributed by atoms with van der Waals surface area (Å²) in [5.41, 5.74) is 0.537. The Labute approximate surface area is 64.8 Å². The second kappa shape index (κ2) is 3.23. The Balaban J connectivity index is 3.02. The van der Waals surface area contributed by atoms with Gasteiger partial charge in [-0.1, -0.05) is 13.0 Å². The van der Waals surface area contributed by atoms with Gasteiger partial charge in [0.2, 0.25) is 5.95 Å². The highest BCUT2D eigenvalue weighted by molar-refractivity contribution is 5.17. The van der Waals surface area contributed by atoms with Crippen molar-refractivity contribution in [2.24, 2.45) is 0 Å². The van der Waals surface area contributed by atoms with Gasteiger partial charge in [-0.05, 0) is 6.07 Å². The monoisotopic (exact) mass is 152 g/mol. The van der Waals surface area contributed by atoms with Crippen LogP contribution in [0.3, 0.4) is 0 Å². The first-order valence-electron chi connectivity index (χ1n) is 3.35. The van der Waals surface area contributed by atoms with Crippen LogP contribution in [0.1, 0.15) is 18.4 Å². The number of halogens is 1. The fraction of sp³-hybridized carbons (Fsp3) is 0.250. The number of nitrogens with zero attached hydrogens (tertiary/aromatic N) is 2. The van der Waals surface area contributed by atoms with E-state index >= 15 is 0 Å². The second-order valence-electron chi connectivity index (χ2n) is 2.30. The van der Waals surface area contributed by atoms with Crippen LogP contribution in [0.2, 0.25) is 0 Å². The minimum absolute atomic E-state index is 0.00880. The van der Waals surface area contributed by atoms with E-state index in [4.69, 9.17) is 0 Å². The van der Waals surface area contributed by atoms with Crippen molar-refractivity contribution in [3.63, 3.8) is 0 Å². The van der Waals surface area contributed by atoms with Gasteiger partial charge in [-0.25, -0.2) is 0 Å². The first kappa shape index (κ1) is 7.85. The number of allylic oxidation sites excluding steroid dienone is 1. The molecule has 0 aromatic carbocycles. The quantitative estimate of drug-likeness (QED) is 0.605. The van der Waals surface area contributed by atoms with Crippen LogP contribution in [0, 0.1) is 5.95 Å². The van der Waals surface area contributed by atoms with E-state index in [-0.39, 0.29) is 5.92 Å². The van der Waals surface area contributed by atoms with Crippen molar-refractivity contribution in [1.82, 2.24) is 10.2 Å². The molecule has 0 aliphatic rings. The SMILES string of the molecule is C=CC(C)c1ccnnc1F. The first-order valence-corrected chi connectivity index (χ1v) is 3.35. The Morgan fingerprint density at radius 3 is 3.00 bits per heavy atom. The standard InChI is InChI=1S/C8H9FN2/c1-3-6(2)7-4-5-10-11-8(7)9/h3-6H,1H2,2H3. The maximum atomic E-state index is 12.8. The van der Waals surface area contributed by atoms with Crippen molar-refractivity contribution in [2.45, 2.75) is 12.8 Å². The third kappa shape index (κ3) is 1.61. The number of hydrogen-bond donors (Lipinski definition) is 0. The molecule has 58 valence electrons. The molecule has 0 aliphatic heterocycles. The number of rotatable bonds is 2. The summed E-state index contributed by atoms with van der Waals surface area (Å²) in [6, 6.07) is 1.61. The normalized spacial score (nSPS) is 12.5. The number of aromatic nitrogens is 2. The lowest BCUT2D eigenvalue weighted by atomic mass is 10.0. The Kier molecular flexibility index (Phi) is 2.31. The van der Waals surface area contributed by atoms with Gasteiger partial charge in [-0.15, -0.1) is 11.7 Å². The largest absolute Gasteiger partial charge is 0.237 e. The molecule has 1 aromatic rings. The summed E-state index contributed by atoms with van der Waals surface area (Å²) in [6.45, 7) is 5.42. The summed E-state index contributed by atoms with van der Waals surface area (Å²) in [5, 5.41) is 6.69. The van der Waals surface area contributed by atoms with E-state index in [2.05, 4.69) is 16.8 Å². The van der Waals surface area contributed by atoms with Crippen LogP contribution in [0.4, 0.5) is 4.39 Å². The van der Waals surface area contributed by atoms with Gasteiger partial charge in [0.25, 0.3) is 0 Å². The Hall–Kier alpha value is -1.25. The van der Waals surface area contributed by atoms with Gasteiger partial charge in [0.05, 0.1) is 6.20 Å². The highest BCUT2D eigenvalue weighted by atomic mass is 19.1. The maximum Gasteiger partial charge on any atom is 0.237 e. The van der Waals surface area contributed by atoms with Crippen LogP contribution < -0.4 is 0 Å². The van der Waals surface area contributed by atoms with Gasteiger partial charge < -0.3 is 0 Å². The molecule has 0 saturated heterocycles. The molecule has 0 spiro atoms. The molecule has 0 radical (unpaired) electrons. The molecule has 11 heavy (non-hydrogen) atoms. The van der Waals surface area contributed by atoms with Gasteiger partial charge in [-0.2, -0.15) is 9.49 Å². The molecule has 1 aromatic heterocycles. The van der Waals surface area contributed by atoms with Crippen LogP contribution in [0.5, 0.6) is 0 Å². The van der Waals surface area contributed by atoms with E-state index in [1.807, 2.05) is 6.92 Å². The predicted octanol–water partition coefficient (Wildman–Crippen LogP) is 1.91. The molecule has 1 atom stereocenters. The molecule has 0 fully saturated rings. The molecular formula is C8H9FN2. The fourth-order valence-corrected chi connectivity index (χ4v) is 0.791. The van der Waals surface area contributed by atoms with Crippen LogP contribution in [0.25, 0.3) is 0 Å². The van der Waals surface area contributed by atoms with Crippen LogP contribution in [0.15, 0.2) is 24.9 Å². The smallest absolute Gasteiger partial charge is 0.183 e. The molecule has 1 rings (SSSR count). The topological polar surface area (TPSA) is 25.8 Å². The Morgan fingerprint density at radius 2 is 2.45 bits per heavy atom. The highest BCUT2D eigenvalue weighted by Crippen LogP contribution is 2.16. The van der Waals surface area contributed by atoms with E-state index in [0.29, 0.717) is 5.56 Å². The van der Waals surface area contributed by atoms with Crippen LogP contribution in [-0.2, 0) is 0 Å². The first-order chi connectivity index (χ1) is 5.25. The van der Waals surface area contributed by atoms with Gasteiger partial charge in [0.15, 0.2) is 0 Å². The molecule has 0 N–H and O–H groups in total. The van der Waals surface area contributed by atoms with Crippen molar-refractivity contribution < 1.29 is 4.39 Å². The van der Waals surface area contributed by atoms with Crippen LogP contribution >= 0.6 is 0 Å². The Bertz CT molecular complexity index is 260. The summed E-state index contributed by atoms with van der Waals surface area (Å²) < 4.78 is 12.8. The van der Waals surface area contributed by atoms with E-state index in [0.717, 1.165) is 0 Å². The zero-order valence-corrected chi connectivity index (χ0v) is 6.29. The predicted molar refractivity (Wildman–Crippen MR) is 40.6 cm³/mol. The molecule has 0 amide bonds. The molecule has 1 heterocycles. The molecular weight excluding hydrogens is 143 g/mol. The molecule has 0 bridgehead atoms. The van der Waals surface area contributed by atoms with Crippen molar-refractivity contribution >= 4 is 0 Å². The summed E-state index contributed by atoms with van der Waals surface area (Å²) in [7, 11) is 0. The lowest BCUT2D eigenvalue weighted by Crippen LogP contribution is -1.97. The molecule has 0 saturated carbocycles. The lowest BCUT2D eigenvalue weighted by Gasteiger charge is -2.04. The molecule has 2 nitrogen and oxygen atoms in total. The molecule has 0 aliphatic carbocycles. The summed E-state index contributed by atoms with van der Waals surface area (Å²) in [4.78, 5) is 0. The van der Waals surface area contributed by atoms with Gasteiger partial charge in [-0.3, -0.25) is 0 Å². The van der Waals surface area contributed by atoms with Gasteiger partial charge >= 0.3 is 0 Å². The Morgan fingerprint density at radius 1 is 1.73 bits per heavy atom. The average Bonchev–Trinajstić information content (AvgIpc) is 2.04. The zero-order chi connectivity index (χ0) is 8.27. The second-order valence-corrected chi connectivity index (χ2v) is 2.30. The van der Waals surface area contributed by atoms with Crippen molar-refractivity contribution in [3.05, 3.63) is 36.4 Å². The van der Waals surface area contributed by atoms with E-state index in [1.165, 1.54) is 6.20 Å². The van der Waals surface area contributed by atoms with E-state index < -0.39 is 5.95 Å². The minimum atomic E-state index is -0.514. The van der Waals surface area contributed by atoms with Crippen molar-refractivity contribution in [3.8, 4) is 0 Å². The van der Waals surface area contributed by atoms with Crippen molar-refractivity contribution in [1.29, 1.82) is 0 Å². The summed E-state index contributed by atoms with van der Waals surface area (Å²) in [5.74, 6) is -0.523. The zero-order valence-electron chi connectivity index (χ0n) is 6.29. The fourth-order valence-electron chi connectivity index (χ4n) is 0.791. The average molecular weight is 152 g/mol. The maximum absolute atomic E-state index is 12.8.